The summed E-state index contributed by atoms with van der Waals surface area (Å²) in [6.07, 6.45) is 0. The van der Waals surface area contributed by atoms with Crippen LogP contribution in [-0.2, 0) is 11.4 Å². The van der Waals surface area contributed by atoms with E-state index >= 15 is 0 Å². The van der Waals surface area contributed by atoms with Crippen LogP contribution in [0.25, 0.3) is 0 Å². The van der Waals surface area contributed by atoms with E-state index in [-0.39, 0.29) is 12.5 Å². The molecule has 1 unspecified atom stereocenters. The van der Waals surface area contributed by atoms with Crippen molar-refractivity contribution in [3.05, 3.63) is 95.1 Å². The van der Waals surface area contributed by atoms with Gasteiger partial charge in [-0.15, -0.1) is 0 Å². The summed E-state index contributed by atoms with van der Waals surface area (Å²) < 4.78 is 0. The lowest BCUT2D eigenvalue weighted by Gasteiger charge is -2.21. The number of aliphatic hydroxyl groups excluding tert-OH is 1. The Kier molecular flexibility index (Phi) is 5.89. The van der Waals surface area contributed by atoms with Gasteiger partial charge in [-0.25, -0.2) is 0 Å². The van der Waals surface area contributed by atoms with Gasteiger partial charge in [-0.3, -0.25) is 4.79 Å². The molecule has 3 aromatic rings. The highest BCUT2D eigenvalue weighted by molar-refractivity contribution is 5.97. The van der Waals surface area contributed by atoms with Crippen LogP contribution in [0.4, 0.5) is 11.4 Å². The van der Waals surface area contributed by atoms with Crippen molar-refractivity contribution in [1.82, 2.24) is 0 Å². The van der Waals surface area contributed by atoms with Crippen LogP contribution in [-0.4, -0.2) is 11.0 Å². The number of hydrogen-bond donors (Lipinski definition) is 3. The molecule has 0 aliphatic rings. The van der Waals surface area contributed by atoms with Gasteiger partial charge < -0.3 is 15.7 Å². The summed E-state index contributed by atoms with van der Waals surface area (Å²) in [5, 5.41) is 15.7. The summed E-state index contributed by atoms with van der Waals surface area (Å²) in [4.78, 5) is 13.1. The number of aliphatic hydroxyl groups is 1. The predicted octanol–water partition coefficient (Wildman–Crippen LogP) is 4.59. The molecule has 0 aromatic heterocycles. The number of carbonyl (C=O) groups is 1. The van der Waals surface area contributed by atoms with Crippen LogP contribution in [0, 0.1) is 13.8 Å². The Bertz CT molecular complexity index is 902. The molecule has 0 saturated heterocycles. The highest BCUT2D eigenvalue weighted by Gasteiger charge is 2.21. The maximum atomic E-state index is 13.1. The van der Waals surface area contributed by atoms with Crippen LogP contribution in [0.15, 0.2) is 72.8 Å². The van der Waals surface area contributed by atoms with Crippen molar-refractivity contribution in [3.63, 3.8) is 0 Å². The Morgan fingerprint density at radius 3 is 2.26 bits per heavy atom. The predicted molar refractivity (Wildman–Crippen MR) is 110 cm³/mol. The van der Waals surface area contributed by atoms with Crippen LogP contribution >= 0.6 is 0 Å². The van der Waals surface area contributed by atoms with E-state index in [0.717, 1.165) is 33.6 Å². The normalized spacial score (nSPS) is 11.7. The average molecular weight is 360 g/mol. The van der Waals surface area contributed by atoms with Gasteiger partial charge in [0.15, 0.2) is 0 Å². The van der Waals surface area contributed by atoms with Gasteiger partial charge in [0.2, 0.25) is 0 Å². The third kappa shape index (κ3) is 4.96. The lowest BCUT2D eigenvalue weighted by molar-refractivity contribution is -0.117. The summed E-state index contributed by atoms with van der Waals surface area (Å²) >= 11 is 0. The molecule has 4 nitrogen and oxygen atoms in total. The molecule has 1 atom stereocenters. The largest absolute Gasteiger partial charge is 0.392 e. The fraction of sp³-hybridized carbons (Fsp3) is 0.174. The zero-order valence-corrected chi connectivity index (χ0v) is 15.6. The van der Waals surface area contributed by atoms with Crippen LogP contribution in [0.3, 0.4) is 0 Å². The van der Waals surface area contributed by atoms with Crippen molar-refractivity contribution in [1.29, 1.82) is 0 Å². The van der Waals surface area contributed by atoms with Crippen LogP contribution in [0.1, 0.15) is 28.3 Å². The molecule has 4 heteroatoms. The minimum Gasteiger partial charge on any atom is -0.392 e. The van der Waals surface area contributed by atoms with Gasteiger partial charge >= 0.3 is 0 Å². The molecule has 3 aromatic carbocycles. The first-order valence-corrected chi connectivity index (χ1v) is 8.95. The number of anilines is 2. The summed E-state index contributed by atoms with van der Waals surface area (Å²) in [6.45, 7) is 3.98. The number of benzene rings is 3. The van der Waals surface area contributed by atoms with Crippen LogP contribution < -0.4 is 10.6 Å². The van der Waals surface area contributed by atoms with Gasteiger partial charge in [-0.05, 0) is 60.4 Å². The summed E-state index contributed by atoms with van der Waals surface area (Å²) in [7, 11) is 0. The van der Waals surface area contributed by atoms with E-state index < -0.39 is 6.04 Å². The Hall–Kier alpha value is -3.11. The number of hydrogen-bond acceptors (Lipinski definition) is 3. The number of carbonyl (C=O) groups excluding carboxylic acids is 1. The highest BCUT2D eigenvalue weighted by Crippen LogP contribution is 2.23. The van der Waals surface area contributed by atoms with E-state index in [2.05, 4.69) is 16.7 Å². The van der Waals surface area contributed by atoms with Crippen LogP contribution in [0.2, 0.25) is 0 Å². The van der Waals surface area contributed by atoms with E-state index in [1.54, 1.807) is 0 Å². The standard InChI is InChI=1S/C23H24N2O2/c1-16-11-17(2)13-21(12-16)25-23(27)22(19-8-4-3-5-9-19)24-20-10-6-7-18(14-20)15-26/h3-14,22,24,26H,15H2,1-2H3,(H,25,27). The molecular weight excluding hydrogens is 336 g/mol. The minimum atomic E-state index is -0.555. The fourth-order valence-corrected chi connectivity index (χ4v) is 3.13. The van der Waals surface area contributed by atoms with E-state index in [1.807, 2.05) is 80.6 Å². The van der Waals surface area contributed by atoms with Gasteiger partial charge in [-0.2, -0.15) is 0 Å². The van der Waals surface area contributed by atoms with Gasteiger partial charge in [-0.1, -0.05) is 48.5 Å². The van der Waals surface area contributed by atoms with E-state index in [9.17, 15) is 9.90 Å². The third-order valence-corrected chi connectivity index (χ3v) is 4.30. The first kappa shape index (κ1) is 18.7. The molecule has 0 heterocycles. The second-order valence-corrected chi connectivity index (χ2v) is 6.71. The Balaban J connectivity index is 1.88. The van der Waals surface area contributed by atoms with E-state index in [1.165, 1.54) is 0 Å². The molecule has 0 aliphatic heterocycles. The van der Waals surface area contributed by atoms with Gasteiger partial charge in [0.05, 0.1) is 6.61 Å². The molecule has 1 amide bonds. The van der Waals surface area contributed by atoms with Crippen LogP contribution in [0.5, 0.6) is 0 Å². The Morgan fingerprint density at radius 1 is 0.889 bits per heavy atom. The van der Waals surface area contributed by atoms with Crippen molar-refractivity contribution in [2.24, 2.45) is 0 Å². The molecule has 3 rings (SSSR count). The SMILES string of the molecule is Cc1cc(C)cc(NC(=O)C(Nc2cccc(CO)c2)c2ccccc2)c1. The highest BCUT2D eigenvalue weighted by atomic mass is 16.3. The van der Waals surface area contributed by atoms with E-state index in [4.69, 9.17) is 0 Å². The minimum absolute atomic E-state index is 0.0414. The summed E-state index contributed by atoms with van der Waals surface area (Å²) in [6, 6.07) is 22.5. The molecule has 0 aliphatic carbocycles. The molecule has 0 saturated carbocycles. The van der Waals surface area contributed by atoms with Gasteiger partial charge in [0.25, 0.3) is 5.91 Å². The molecule has 27 heavy (non-hydrogen) atoms. The van der Waals surface area contributed by atoms with Gasteiger partial charge in [0.1, 0.15) is 6.04 Å². The second kappa shape index (κ2) is 8.52. The molecule has 0 bridgehead atoms. The summed E-state index contributed by atoms with van der Waals surface area (Å²) in [5.74, 6) is -0.138. The average Bonchev–Trinajstić information content (AvgIpc) is 2.66. The first-order valence-electron chi connectivity index (χ1n) is 8.95. The molecule has 3 N–H and O–H groups in total. The number of nitrogens with one attached hydrogen (secondary N) is 2. The number of aryl methyl sites for hydroxylation is 2. The van der Waals surface area contributed by atoms with Crippen molar-refractivity contribution >= 4 is 17.3 Å². The summed E-state index contributed by atoms with van der Waals surface area (Å²) in [5.41, 5.74) is 5.43. The lowest BCUT2D eigenvalue weighted by Crippen LogP contribution is -2.27. The smallest absolute Gasteiger partial charge is 0.251 e. The van der Waals surface area contributed by atoms with Gasteiger partial charge in [0, 0.05) is 11.4 Å². The Labute approximate surface area is 159 Å². The first-order chi connectivity index (χ1) is 13.0. The quantitative estimate of drug-likeness (QED) is 0.603. The van der Waals surface area contributed by atoms with E-state index in [0.29, 0.717) is 0 Å². The second-order valence-electron chi connectivity index (χ2n) is 6.71. The Morgan fingerprint density at radius 2 is 1.59 bits per heavy atom. The topological polar surface area (TPSA) is 61.4 Å². The maximum absolute atomic E-state index is 13.1. The molecule has 138 valence electrons. The molecule has 0 radical (unpaired) electrons. The van der Waals surface area contributed by atoms with Crippen molar-refractivity contribution in [3.8, 4) is 0 Å². The van der Waals surface area contributed by atoms with Crippen molar-refractivity contribution < 1.29 is 9.90 Å². The molecular formula is C23H24N2O2. The maximum Gasteiger partial charge on any atom is 0.251 e. The zero-order valence-electron chi connectivity index (χ0n) is 15.6. The lowest BCUT2D eigenvalue weighted by atomic mass is 10.0. The molecule has 0 fully saturated rings. The third-order valence-electron chi connectivity index (χ3n) is 4.30. The fourth-order valence-electron chi connectivity index (χ4n) is 3.13. The monoisotopic (exact) mass is 360 g/mol. The number of rotatable bonds is 6. The zero-order chi connectivity index (χ0) is 19.2. The molecule has 0 spiro atoms. The van der Waals surface area contributed by atoms with Crippen molar-refractivity contribution in [2.75, 3.05) is 10.6 Å². The number of amides is 1. The van der Waals surface area contributed by atoms with Crippen molar-refractivity contribution in [2.45, 2.75) is 26.5 Å².